The average molecular weight is 305 g/mol. The number of nitrogens with zero attached hydrogens (tertiary/aromatic N) is 1. The van der Waals surface area contributed by atoms with Crippen LogP contribution in [0.5, 0.6) is 0 Å². The first kappa shape index (κ1) is 12.8. The lowest BCUT2D eigenvalue weighted by molar-refractivity contribution is 0.933. The number of halogens is 2. The third-order valence-electron chi connectivity index (χ3n) is 1.97. The first-order chi connectivity index (χ1) is 7.10. The molecule has 0 aliphatic carbocycles. The minimum Gasteiger partial charge on any atom is -0.193 e. The second kappa shape index (κ2) is 5.69. The highest BCUT2D eigenvalue weighted by molar-refractivity contribution is 9.11. The van der Waals surface area contributed by atoms with Crippen LogP contribution in [-0.4, -0.2) is 0 Å². The molecule has 1 aromatic heterocycles. The van der Waals surface area contributed by atoms with Gasteiger partial charge in [-0.05, 0) is 40.9 Å². The number of thiophene rings is 1. The van der Waals surface area contributed by atoms with Crippen LogP contribution >= 0.6 is 38.9 Å². The summed E-state index contributed by atoms with van der Waals surface area (Å²) in [7, 11) is 0. The van der Waals surface area contributed by atoms with E-state index in [0.717, 1.165) is 27.1 Å². The zero-order valence-electron chi connectivity index (χ0n) is 8.60. The van der Waals surface area contributed by atoms with Gasteiger partial charge in [0.2, 0.25) is 0 Å². The van der Waals surface area contributed by atoms with Crippen LogP contribution in [0.3, 0.4) is 0 Å². The molecule has 0 amide bonds. The van der Waals surface area contributed by atoms with Crippen LogP contribution in [0.4, 0.5) is 0 Å². The van der Waals surface area contributed by atoms with Crippen LogP contribution in [0.2, 0.25) is 0 Å². The second-order valence-corrected chi connectivity index (χ2v) is 5.97. The molecule has 1 heterocycles. The fourth-order valence-electron chi connectivity index (χ4n) is 1.18. The van der Waals surface area contributed by atoms with Gasteiger partial charge in [0.1, 0.15) is 0 Å². The molecule has 0 atom stereocenters. The topological polar surface area (TPSA) is 23.8 Å². The fraction of sp³-hybridized carbons (Fsp3) is 0.364. The Morgan fingerprint density at radius 1 is 1.67 bits per heavy atom. The van der Waals surface area contributed by atoms with Crippen LogP contribution in [0.25, 0.3) is 5.03 Å². The van der Waals surface area contributed by atoms with Crippen LogP contribution in [0.1, 0.15) is 30.2 Å². The predicted octanol–water partition coefficient (Wildman–Crippen LogP) is 5.09. The van der Waals surface area contributed by atoms with Crippen molar-refractivity contribution in [2.45, 2.75) is 26.7 Å². The van der Waals surface area contributed by atoms with Crippen LogP contribution in [0.15, 0.2) is 15.4 Å². The Morgan fingerprint density at radius 2 is 2.33 bits per heavy atom. The molecule has 80 valence electrons. The molecule has 1 nitrogen and oxygen atoms in total. The summed E-state index contributed by atoms with van der Waals surface area (Å²) in [5, 5.41) is 9.56. The van der Waals surface area contributed by atoms with E-state index in [2.05, 4.69) is 22.0 Å². The van der Waals surface area contributed by atoms with Gasteiger partial charge in [-0.15, -0.1) is 11.3 Å². The van der Waals surface area contributed by atoms with Crippen LogP contribution < -0.4 is 0 Å². The minimum atomic E-state index is 0.596. The summed E-state index contributed by atoms with van der Waals surface area (Å²) in [6, 6.07) is 4.17. The Morgan fingerprint density at radius 3 is 2.73 bits per heavy atom. The molecule has 0 spiro atoms. The molecule has 1 aromatic rings. The van der Waals surface area contributed by atoms with Crippen LogP contribution in [0, 0.1) is 18.3 Å². The van der Waals surface area contributed by atoms with Gasteiger partial charge < -0.3 is 0 Å². The van der Waals surface area contributed by atoms with Gasteiger partial charge in [-0.25, -0.2) is 0 Å². The third kappa shape index (κ3) is 3.07. The summed E-state index contributed by atoms with van der Waals surface area (Å²) >= 11 is 11.2. The van der Waals surface area contributed by atoms with E-state index in [0.29, 0.717) is 10.6 Å². The van der Waals surface area contributed by atoms with E-state index in [1.807, 2.05) is 19.9 Å². The van der Waals surface area contributed by atoms with E-state index in [-0.39, 0.29) is 0 Å². The van der Waals surface area contributed by atoms with Gasteiger partial charge in [-0.3, -0.25) is 0 Å². The molecule has 15 heavy (non-hydrogen) atoms. The normalized spacial score (nSPS) is 12.2. The zero-order chi connectivity index (χ0) is 11.4. The summed E-state index contributed by atoms with van der Waals surface area (Å²) in [6.45, 7) is 4.05. The molecule has 0 unspecified atom stereocenters. The molecular weight excluding hydrogens is 294 g/mol. The van der Waals surface area contributed by atoms with Crippen molar-refractivity contribution in [1.29, 1.82) is 5.26 Å². The Hall–Kier alpha value is -0.300. The first-order valence-electron chi connectivity index (χ1n) is 4.65. The smallest absolute Gasteiger partial charge is 0.0963 e. The maximum Gasteiger partial charge on any atom is 0.0963 e. The van der Waals surface area contributed by atoms with Crippen molar-refractivity contribution in [2.24, 2.45) is 0 Å². The SMILES string of the molecule is CCC/C(C#N)=C(\Cl)c1cc(C)c(Br)s1. The van der Waals surface area contributed by atoms with E-state index in [4.69, 9.17) is 16.9 Å². The van der Waals surface area contributed by atoms with Crippen molar-refractivity contribution in [2.75, 3.05) is 0 Å². The Balaban J connectivity index is 3.11. The Bertz CT molecular complexity index is 409. The summed E-state index contributed by atoms with van der Waals surface area (Å²) in [6.07, 6.45) is 1.68. The first-order valence-corrected chi connectivity index (χ1v) is 6.64. The molecule has 4 heteroatoms. The lowest BCUT2D eigenvalue weighted by Crippen LogP contribution is -1.82. The average Bonchev–Trinajstić information content (AvgIpc) is 2.55. The number of rotatable bonds is 3. The highest BCUT2D eigenvalue weighted by Gasteiger charge is 2.10. The summed E-state index contributed by atoms with van der Waals surface area (Å²) < 4.78 is 1.07. The number of hydrogen-bond acceptors (Lipinski definition) is 2. The standard InChI is InChI=1S/C11H11BrClNS/c1-3-4-8(6-14)10(13)9-5-7(2)11(12)15-9/h5H,3-4H2,1-2H3/b10-8+. The Labute approximate surface area is 108 Å². The van der Waals surface area contributed by atoms with Gasteiger partial charge >= 0.3 is 0 Å². The van der Waals surface area contributed by atoms with Gasteiger partial charge in [0, 0.05) is 10.5 Å². The fourth-order valence-corrected chi connectivity index (χ4v) is 2.99. The predicted molar refractivity (Wildman–Crippen MR) is 70.1 cm³/mol. The van der Waals surface area contributed by atoms with Gasteiger partial charge in [-0.1, -0.05) is 24.9 Å². The summed E-state index contributed by atoms with van der Waals surface area (Å²) in [5.41, 5.74) is 1.83. The maximum atomic E-state index is 8.97. The third-order valence-corrected chi connectivity index (χ3v) is 4.67. The highest BCUT2D eigenvalue weighted by atomic mass is 79.9. The number of nitriles is 1. The van der Waals surface area contributed by atoms with Crippen molar-refractivity contribution in [3.63, 3.8) is 0 Å². The van der Waals surface area contributed by atoms with Crippen LogP contribution in [-0.2, 0) is 0 Å². The monoisotopic (exact) mass is 303 g/mol. The van der Waals surface area contributed by atoms with Gasteiger partial charge in [0.25, 0.3) is 0 Å². The molecular formula is C11H11BrClNS. The van der Waals surface area contributed by atoms with Gasteiger partial charge in [0.15, 0.2) is 0 Å². The largest absolute Gasteiger partial charge is 0.193 e. The Kier molecular flexibility index (Phi) is 4.85. The van der Waals surface area contributed by atoms with E-state index in [1.54, 1.807) is 11.3 Å². The summed E-state index contributed by atoms with van der Waals surface area (Å²) in [5.74, 6) is 0. The molecule has 0 bridgehead atoms. The second-order valence-electron chi connectivity index (χ2n) is 3.22. The summed E-state index contributed by atoms with van der Waals surface area (Å²) in [4.78, 5) is 0.964. The molecule has 0 radical (unpaired) electrons. The molecule has 0 aromatic carbocycles. The number of allylic oxidation sites excluding steroid dienone is 1. The van der Waals surface area contributed by atoms with E-state index >= 15 is 0 Å². The molecule has 0 aliphatic heterocycles. The maximum absolute atomic E-state index is 8.97. The van der Waals surface area contributed by atoms with E-state index < -0.39 is 0 Å². The van der Waals surface area contributed by atoms with Crippen molar-refractivity contribution < 1.29 is 0 Å². The quantitative estimate of drug-likeness (QED) is 0.713. The molecule has 0 saturated heterocycles. The zero-order valence-corrected chi connectivity index (χ0v) is 11.8. The molecule has 0 fully saturated rings. The lowest BCUT2D eigenvalue weighted by atomic mass is 10.1. The lowest BCUT2D eigenvalue weighted by Gasteiger charge is -1.98. The number of hydrogen-bond donors (Lipinski definition) is 0. The van der Waals surface area contributed by atoms with Crippen molar-refractivity contribution >= 4 is 43.9 Å². The highest BCUT2D eigenvalue weighted by Crippen LogP contribution is 2.35. The van der Waals surface area contributed by atoms with Gasteiger partial charge in [0.05, 0.1) is 14.9 Å². The van der Waals surface area contributed by atoms with Crippen molar-refractivity contribution in [3.8, 4) is 6.07 Å². The van der Waals surface area contributed by atoms with Gasteiger partial charge in [-0.2, -0.15) is 5.26 Å². The van der Waals surface area contributed by atoms with E-state index in [9.17, 15) is 0 Å². The van der Waals surface area contributed by atoms with E-state index in [1.165, 1.54) is 0 Å². The molecule has 0 saturated carbocycles. The molecule has 0 N–H and O–H groups in total. The van der Waals surface area contributed by atoms with Crippen molar-refractivity contribution in [3.05, 3.63) is 25.9 Å². The minimum absolute atomic E-state index is 0.596. The van der Waals surface area contributed by atoms with Crippen molar-refractivity contribution in [1.82, 2.24) is 0 Å². The number of aryl methyl sites for hydroxylation is 1. The molecule has 0 aliphatic rings. The molecule has 1 rings (SSSR count).